The molecule has 9 heteroatoms. The van der Waals surface area contributed by atoms with Crippen molar-refractivity contribution in [2.75, 3.05) is 40.9 Å². The van der Waals surface area contributed by atoms with Gasteiger partial charge in [-0.25, -0.2) is 0 Å². The molecule has 0 bridgehead atoms. The van der Waals surface area contributed by atoms with Crippen LogP contribution >= 0.6 is 7.82 Å². The summed E-state index contributed by atoms with van der Waals surface area (Å²) in [6, 6.07) is -0.901. The highest BCUT2D eigenvalue weighted by atomic mass is 31.2. The number of carbonyl (C=O) groups is 1. The van der Waals surface area contributed by atoms with Crippen LogP contribution in [0.1, 0.15) is 232 Å². The second-order valence-electron chi connectivity index (χ2n) is 19.9. The average molecular weight is 971 g/mol. The molecule has 0 aliphatic rings. The Balaban J connectivity index is 4.31. The maximum atomic E-state index is 13.0. The van der Waals surface area contributed by atoms with E-state index in [4.69, 9.17) is 9.05 Å². The first kappa shape index (κ1) is 65.7. The predicted molar refractivity (Wildman–Crippen MR) is 293 cm³/mol. The van der Waals surface area contributed by atoms with E-state index < -0.39 is 26.6 Å². The number of phosphoric acid groups is 1. The lowest BCUT2D eigenvalue weighted by atomic mass is 10.0. The van der Waals surface area contributed by atoms with Crippen LogP contribution in [0.25, 0.3) is 0 Å². The molecule has 0 saturated heterocycles. The van der Waals surface area contributed by atoms with Gasteiger partial charge >= 0.3 is 0 Å². The van der Waals surface area contributed by atoms with E-state index in [0.717, 1.165) is 96.3 Å². The second-order valence-corrected chi connectivity index (χ2v) is 21.3. The van der Waals surface area contributed by atoms with Gasteiger partial charge in [0, 0.05) is 6.42 Å². The highest BCUT2D eigenvalue weighted by Crippen LogP contribution is 2.38. The smallest absolute Gasteiger partial charge is 0.268 e. The molecule has 2 N–H and O–H groups in total. The normalized spacial score (nSPS) is 14.6. The monoisotopic (exact) mass is 971 g/mol. The number of allylic oxidation sites excluding steroid dienone is 13. The first-order valence-corrected chi connectivity index (χ1v) is 29.4. The number of carbonyl (C=O) groups excluding carboxylic acids is 1. The number of aliphatic hydroxyl groups is 1. The Labute approximate surface area is 420 Å². The third-order valence-electron chi connectivity index (χ3n) is 12.1. The first-order chi connectivity index (χ1) is 33.0. The number of likely N-dealkylation sites (N-methyl/N-ethyl adjacent to an activating group) is 1. The van der Waals surface area contributed by atoms with Gasteiger partial charge in [-0.1, -0.05) is 240 Å². The SMILES string of the molecule is CC/C=C\C/C=C\C/C=C\C/C=C\C/C=C\C/C=C\CCCCCCCCC(=O)NC(COP(=O)([O-])OCC[N+](C)(C)C)C(O)/C=C/CCCCCCCCCCCCCCCCCCCCC. The highest BCUT2D eigenvalue weighted by molar-refractivity contribution is 7.45. The largest absolute Gasteiger partial charge is 0.756 e. The quantitative estimate of drug-likeness (QED) is 0.0272. The van der Waals surface area contributed by atoms with Gasteiger partial charge in [-0.05, 0) is 70.6 Å². The lowest BCUT2D eigenvalue weighted by Gasteiger charge is -2.29. The van der Waals surface area contributed by atoms with E-state index in [0.29, 0.717) is 17.4 Å². The fraction of sp³-hybridized carbons (Fsp3) is 0.746. The number of hydrogen-bond acceptors (Lipinski definition) is 6. The summed E-state index contributed by atoms with van der Waals surface area (Å²) in [5.74, 6) is -0.214. The van der Waals surface area contributed by atoms with Gasteiger partial charge in [-0.15, -0.1) is 0 Å². The molecule has 0 aromatic carbocycles. The van der Waals surface area contributed by atoms with Gasteiger partial charge < -0.3 is 28.8 Å². The van der Waals surface area contributed by atoms with Gasteiger partial charge in [-0.2, -0.15) is 0 Å². The van der Waals surface area contributed by atoms with Crippen LogP contribution < -0.4 is 10.2 Å². The molecular formula is C59H107N2O6P. The van der Waals surface area contributed by atoms with Crippen molar-refractivity contribution in [1.29, 1.82) is 0 Å². The van der Waals surface area contributed by atoms with Crippen molar-refractivity contribution >= 4 is 13.7 Å². The molecule has 0 saturated carbocycles. The summed E-state index contributed by atoms with van der Waals surface area (Å²) in [4.78, 5) is 25.5. The summed E-state index contributed by atoms with van der Waals surface area (Å²) >= 11 is 0. The highest BCUT2D eigenvalue weighted by Gasteiger charge is 2.23. The van der Waals surface area contributed by atoms with Gasteiger partial charge in [0.05, 0.1) is 39.9 Å². The lowest BCUT2D eigenvalue weighted by Crippen LogP contribution is -2.45. The summed E-state index contributed by atoms with van der Waals surface area (Å²) in [5, 5.41) is 13.9. The predicted octanol–water partition coefficient (Wildman–Crippen LogP) is 16.2. The van der Waals surface area contributed by atoms with Crippen molar-refractivity contribution in [2.24, 2.45) is 0 Å². The minimum absolute atomic E-state index is 0.00823. The fourth-order valence-electron chi connectivity index (χ4n) is 7.74. The van der Waals surface area contributed by atoms with Gasteiger partial charge in [0.2, 0.25) is 5.91 Å². The van der Waals surface area contributed by atoms with Crippen LogP contribution in [0.3, 0.4) is 0 Å². The van der Waals surface area contributed by atoms with Crippen molar-refractivity contribution in [2.45, 2.75) is 244 Å². The van der Waals surface area contributed by atoms with Crippen LogP contribution in [0.2, 0.25) is 0 Å². The van der Waals surface area contributed by atoms with Gasteiger partial charge in [0.25, 0.3) is 7.82 Å². The summed E-state index contributed by atoms with van der Waals surface area (Å²) in [5.41, 5.74) is 0. The van der Waals surface area contributed by atoms with E-state index in [9.17, 15) is 19.4 Å². The van der Waals surface area contributed by atoms with Crippen LogP contribution in [0.5, 0.6) is 0 Å². The zero-order valence-electron chi connectivity index (χ0n) is 44.8. The lowest BCUT2D eigenvalue weighted by molar-refractivity contribution is -0.870. The number of aliphatic hydroxyl groups excluding tert-OH is 1. The summed E-state index contributed by atoms with van der Waals surface area (Å²) in [6.07, 6.45) is 69.3. The van der Waals surface area contributed by atoms with Crippen LogP contribution in [0.15, 0.2) is 85.1 Å². The zero-order valence-corrected chi connectivity index (χ0v) is 45.7. The van der Waals surface area contributed by atoms with E-state index in [1.807, 2.05) is 27.2 Å². The Kier molecular flexibility index (Phi) is 48.0. The molecule has 68 heavy (non-hydrogen) atoms. The van der Waals surface area contributed by atoms with Gasteiger partial charge in [-0.3, -0.25) is 9.36 Å². The molecule has 0 aromatic rings. The third kappa shape index (κ3) is 51.5. The van der Waals surface area contributed by atoms with E-state index in [-0.39, 0.29) is 12.5 Å². The van der Waals surface area contributed by atoms with Crippen molar-refractivity contribution in [1.82, 2.24) is 5.32 Å². The number of nitrogens with zero attached hydrogens (tertiary/aromatic N) is 1. The van der Waals surface area contributed by atoms with Crippen LogP contribution in [0.4, 0.5) is 0 Å². The van der Waals surface area contributed by atoms with Crippen LogP contribution in [-0.4, -0.2) is 68.5 Å². The molecule has 3 unspecified atom stereocenters. The molecule has 394 valence electrons. The molecule has 0 aliphatic carbocycles. The molecule has 8 nitrogen and oxygen atoms in total. The maximum Gasteiger partial charge on any atom is 0.268 e. The number of hydrogen-bond donors (Lipinski definition) is 2. The molecule has 0 aliphatic heterocycles. The first-order valence-electron chi connectivity index (χ1n) is 27.9. The van der Waals surface area contributed by atoms with Crippen molar-refractivity contribution in [3.05, 3.63) is 85.1 Å². The number of phosphoric ester groups is 1. The van der Waals surface area contributed by atoms with E-state index in [2.05, 4.69) is 92.1 Å². The van der Waals surface area contributed by atoms with Crippen molar-refractivity contribution in [3.8, 4) is 0 Å². The third-order valence-corrected chi connectivity index (χ3v) is 13.1. The molecule has 0 rings (SSSR count). The molecule has 0 fully saturated rings. The molecule has 0 aromatic heterocycles. The summed E-state index contributed by atoms with van der Waals surface area (Å²) in [7, 11) is 1.24. The molecule has 0 radical (unpaired) electrons. The van der Waals surface area contributed by atoms with E-state index in [1.54, 1.807) is 6.08 Å². The summed E-state index contributed by atoms with van der Waals surface area (Å²) < 4.78 is 23.3. The number of quaternary nitrogens is 1. The van der Waals surface area contributed by atoms with Gasteiger partial charge in [0.15, 0.2) is 0 Å². The Morgan fingerprint density at radius 3 is 1.31 bits per heavy atom. The minimum atomic E-state index is -4.61. The Hall–Kier alpha value is -2.32. The Morgan fingerprint density at radius 1 is 0.529 bits per heavy atom. The molecule has 1 amide bonds. The Morgan fingerprint density at radius 2 is 0.897 bits per heavy atom. The van der Waals surface area contributed by atoms with Crippen molar-refractivity contribution < 1.29 is 32.9 Å². The zero-order chi connectivity index (χ0) is 49.9. The molecule has 3 atom stereocenters. The standard InChI is InChI=1S/C59H107N2O6P/c1-6-8-10-12-14-16-18-20-22-24-26-28-29-30-31-33-35-37-39-41-43-45-47-49-51-53-59(63)60-57(56-67-68(64,65)66-55-54-61(3,4)5)58(62)52-50-48-46-44-42-40-38-36-34-32-27-25-23-21-19-17-15-13-11-9-7-2/h8,10,14,16,20,22,26,28,30-31,35,37,50,52,57-58,62H,6-7,9,11-13,15,17-19,21,23-25,27,29,32-34,36,38-49,51,53-56H2,1-5H3,(H-,60,63,64,65)/b10-8-,16-14-,22-20-,28-26-,31-30-,37-35-,52-50+. The molecule has 0 spiro atoms. The number of nitrogens with one attached hydrogen (secondary N) is 1. The molecule has 0 heterocycles. The summed E-state index contributed by atoms with van der Waals surface area (Å²) in [6.45, 7) is 4.53. The Bertz CT molecular complexity index is 1380. The van der Waals surface area contributed by atoms with Crippen LogP contribution in [0, 0.1) is 0 Å². The number of amides is 1. The topological polar surface area (TPSA) is 108 Å². The fourth-order valence-corrected chi connectivity index (χ4v) is 8.47. The van der Waals surface area contributed by atoms with E-state index >= 15 is 0 Å². The van der Waals surface area contributed by atoms with E-state index in [1.165, 1.54) is 116 Å². The maximum absolute atomic E-state index is 13.0. The van der Waals surface area contributed by atoms with Crippen LogP contribution in [-0.2, 0) is 18.4 Å². The number of rotatable bonds is 50. The van der Waals surface area contributed by atoms with Crippen molar-refractivity contribution in [3.63, 3.8) is 0 Å². The molecular weight excluding hydrogens is 864 g/mol. The number of unbranched alkanes of at least 4 members (excludes halogenated alkanes) is 25. The van der Waals surface area contributed by atoms with Gasteiger partial charge in [0.1, 0.15) is 13.2 Å². The average Bonchev–Trinajstić information content (AvgIpc) is 3.30. The second kappa shape index (κ2) is 49.7. The minimum Gasteiger partial charge on any atom is -0.756 e.